The van der Waals surface area contributed by atoms with Gasteiger partial charge in [0.15, 0.2) is 23.0 Å². The highest BCUT2D eigenvalue weighted by Crippen LogP contribution is 2.46. The molecule has 0 saturated heterocycles. The summed E-state index contributed by atoms with van der Waals surface area (Å²) in [5.74, 6) is -0.852. The minimum atomic E-state index is -0.941. The van der Waals surface area contributed by atoms with Crippen LogP contribution in [0, 0.1) is 11.3 Å². The fourth-order valence-corrected chi connectivity index (χ4v) is 4.31. The molecule has 1 N–H and O–H groups in total. The van der Waals surface area contributed by atoms with E-state index in [0.717, 1.165) is 5.56 Å². The molecule has 0 aromatic heterocycles. The molecule has 176 valence electrons. The molecule has 7 nitrogen and oxygen atoms in total. The van der Waals surface area contributed by atoms with Crippen LogP contribution in [-0.4, -0.2) is 31.0 Å². The Hall–Kier alpha value is -4.57. The van der Waals surface area contributed by atoms with E-state index >= 15 is 0 Å². The van der Waals surface area contributed by atoms with Gasteiger partial charge in [0.05, 0.1) is 37.5 Å². The maximum absolute atomic E-state index is 13.5. The second-order valence-corrected chi connectivity index (χ2v) is 7.99. The quantitative estimate of drug-likeness (QED) is 0.515. The van der Waals surface area contributed by atoms with E-state index in [0.29, 0.717) is 34.7 Å². The SMILES string of the molecule is COc1cccc(C2C(C(=O)CCc3ccccc3)=C(O)C(=O)N2c2ccc(C#N)cc2)c1OC. The lowest BCUT2D eigenvalue weighted by Crippen LogP contribution is -2.31. The number of amides is 1. The van der Waals surface area contributed by atoms with E-state index in [1.807, 2.05) is 36.4 Å². The number of carbonyl (C=O) groups is 2. The van der Waals surface area contributed by atoms with Gasteiger partial charge in [-0.3, -0.25) is 14.5 Å². The molecule has 35 heavy (non-hydrogen) atoms. The molecule has 1 aliphatic rings. The van der Waals surface area contributed by atoms with E-state index in [9.17, 15) is 14.7 Å². The molecule has 0 saturated carbocycles. The van der Waals surface area contributed by atoms with Crippen molar-refractivity contribution >= 4 is 17.4 Å². The number of aryl methyl sites for hydroxylation is 1. The number of para-hydroxylation sites is 1. The molecular formula is C28H24N2O5. The number of hydrogen-bond acceptors (Lipinski definition) is 6. The highest BCUT2D eigenvalue weighted by Gasteiger charge is 2.45. The average Bonchev–Trinajstić information content (AvgIpc) is 3.17. The smallest absolute Gasteiger partial charge is 0.294 e. The van der Waals surface area contributed by atoms with E-state index < -0.39 is 17.7 Å². The number of benzene rings is 3. The molecule has 7 heteroatoms. The van der Waals surface area contributed by atoms with Crippen LogP contribution in [0.4, 0.5) is 5.69 Å². The number of ketones is 1. The Morgan fingerprint density at radius 1 is 1.00 bits per heavy atom. The topological polar surface area (TPSA) is 99.9 Å². The van der Waals surface area contributed by atoms with Crippen molar-refractivity contribution in [3.63, 3.8) is 0 Å². The summed E-state index contributed by atoms with van der Waals surface area (Å²) in [6.45, 7) is 0. The Morgan fingerprint density at radius 2 is 1.71 bits per heavy atom. The minimum Gasteiger partial charge on any atom is -0.503 e. The van der Waals surface area contributed by atoms with Crippen LogP contribution in [0.3, 0.4) is 0 Å². The van der Waals surface area contributed by atoms with Gasteiger partial charge in [0.25, 0.3) is 5.91 Å². The van der Waals surface area contributed by atoms with Crippen LogP contribution in [-0.2, 0) is 16.0 Å². The van der Waals surface area contributed by atoms with Gasteiger partial charge in [-0.1, -0.05) is 42.5 Å². The average molecular weight is 469 g/mol. The van der Waals surface area contributed by atoms with Crippen molar-refractivity contribution in [2.45, 2.75) is 18.9 Å². The van der Waals surface area contributed by atoms with Crippen molar-refractivity contribution in [1.29, 1.82) is 5.26 Å². The molecule has 1 unspecified atom stereocenters. The molecule has 0 aliphatic carbocycles. The summed E-state index contributed by atoms with van der Waals surface area (Å²) in [5, 5.41) is 20.1. The zero-order chi connectivity index (χ0) is 24.9. The first-order valence-corrected chi connectivity index (χ1v) is 11.0. The summed E-state index contributed by atoms with van der Waals surface area (Å²) in [6.07, 6.45) is 0.574. The first-order chi connectivity index (χ1) is 17.0. The molecule has 3 aromatic rings. The van der Waals surface area contributed by atoms with Gasteiger partial charge in [0, 0.05) is 17.7 Å². The Balaban J connectivity index is 1.81. The Morgan fingerprint density at radius 3 is 2.34 bits per heavy atom. The second-order valence-electron chi connectivity index (χ2n) is 7.99. The predicted molar refractivity (Wildman–Crippen MR) is 130 cm³/mol. The summed E-state index contributed by atoms with van der Waals surface area (Å²) in [6, 6.07) is 22.2. The summed E-state index contributed by atoms with van der Waals surface area (Å²) in [7, 11) is 2.98. The van der Waals surface area contributed by atoms with Gasteiger partial charge >= 0.3 is 0 Å². The fraction of sp³-hybridized carbons (Fsp3) is 0.179. The zero-order valence-electron chi connectivity index (χ0n) is 19.4. The maximum atomic E-state index is 13.5. The van der Waals surface area contributed by atoms with Crippen LogP contribution < -0.4 is 14.4 Å². The third-order valence-electron chi connectivity index (χ3n) is 5.99. The van der Waals surface area contributed by atoms with Crippen molar-refractivity contribution in [2.24, 2.45) is 0 Å². The van der Waals surface area contributed by atoms with Crippen LogP contribution >= 0.6 is 0 Å². The minimum absolute atomic E-state index is 0.00171. The Bertz CT molecular complexity index is 1320. The van der Waals surface area contributed by atoms with Gasteiger partial charge in [-0.05, 0) is 42.3 Å². The van der Waals surface area contributed by atoms with Gasteiger partial charge in [0.1, 0.15) is 0 Å². The molecule has 0 bridgehead atoms. The summed E-state index contributed by atoms with van der Waals surface area (Å²) >= 11 is 0. The second kappa shape index (κ2) is 10.1. The number of aliphatic hydroxyl groups excluding tert-OH is 1. The number of hydrogen-bond donors (Lipinski definition) is 1. The standard InChI is InChI=1S/C28H24N2O5/c1-34-23-10-6-9-21(27(23)35-2)25-24(22(31)16-13-18-7-4-3-5-8-18)26(32)28(33)30(25)20-14-11-19(17-29)12-15-20/h3-12,14-15,25,32H,13,16H2,1-2H3. The number of carbonyl (C=O) groups excluding carboxylic acids is 2. The largest absolute Gasteiger partial charge is 0.503 e. The third-order valence-corrected chi connectivity index (χ3v) is 5.99. The van der Waals surface area contributed by atoms with Crippen LogP contribution in [0.1, 0.15) is 29.2 Å². The number of Topliss-reactive ketones (excluding diaryl/α,β-unsaturated/α-hetero) is 1. The van der Waals surface area contributed by atoms with Gasteiger partial charge in [-0.15, -0.1) is 0 Å². The van der Waals surface area contributed by atoms with Crippen molar-refractivity contribution < 1.29 is 24.2 Å². The van der Waals surface area contributed by atoms with E-state index in [2.05, 4.69) is 0 Å². The number of methoxy groups -OCH3 is 2. The molecule has 0 fully saturated rings. The molecule has 1 heterocycles. The van der Waals surface area contributed by atoms with Gasteiger partial charge in [-0.2, -0.15) is 5.26 Å². The van der Waals surface area contributed by atoms with Crippen molar-refractivity contribution in [3.8, 4) is 17.6 Å². The Labute approximate surface area is 203 Å². The molecule has 0 radical (unpaired) electrons. The molecular weight excluding hydrogens is 444 g/mol. The Kier molecular flexibility index (Phi) is 6.83. The maximum Gasteiger partial charge on any atom is 0.294 e. The lowest BCUT2D eigenvalue weighted by molar-refractivity contribution is -0.118. The van der Waals surface area contributed by atoms with E-state index in [-0.39, 0.29) is 17.8 Å². The summed E-state index contributed by atoms with van der Waals surface area (Å²) in [4.78, 5) is 28.1. The lowest BCUT2D eigenvalue weighted by atomic mass is 9.92. The van der Waals surface area contributed by atoms with Crippen LogP contribution in [0.5, 0.6) is 11.5 Å². The third kappa shape index (κ3) is 4.46. The van der Waals surface area contributed by atoms with E-state index in [1.54, 1.807) is 42.5 Å². The summed E-state index contributed by atoms with van der Waals surface area (Å²) < 4.78 is 11.0. The van der Waals surface area contributed by atoms with Crippen molar-refractivity contribution in [2.75, 3.05) is 19.1 Å². The summed E-state index contributed by atoms with van der Waals surface area (Å²) in [5.41, 5.74) is 2.33. The van der Waals surface area contributed by atoms with Crippen molar-refractivity contribution in [1.82, 2.24) is 0 Å². The number of rotatable bonds is 8. The monoisotopic (exact) mass is 468 g/mol. The fourth-order valence-electron chi connectivity index (χ4n) is 4.31. The number of nitriles is 1. The molecule has 1 atom stereocenters. The number of ether oxygens (including phenoxy) is 2. The first kappa shape index (κ1) is 23.6. The normalized spacial score (nSPS) is 15.2. The van der Waals surface area contributed by atoms with E-state index in [4.69, 9.17) is 14.7 Å². The van der Waals surface area contributed by atoms with Crippen LogP contribution in [0.2, 0.25) is 0 Å². The van der Waals surface area contributed by atoms with E-state index in [1.165, 1.54) is 19.1 Å². The van der Waals surface area contributed by atoms with Gasteiger partial charge in [0.2, 0.25) is 0 Å². The van der Waals surface area contributed by atoms with Gasteiger partial charge < -0.3 is 14.6 Å². The predicted octanol–water partition coefficient (Wildman–Crippen LogP) is 4.68. The van der Waals surface area contributed by atoms with Crippen molar-refractivity contribution in [3.05, 3.63) is 101 Å². The van der Waals surface area contributed by atoms with Crippen LogP contribution in [0.25, 0.3) is 0 Å². The lowest BCUT2D eigenvalue weighted by Gasteiger charge is -2.28. The first-order valence-electron chi connectivity index (χ1n) is 11.0. The molecule has 4 rings (SSSR count). The molecule has 1 amide bonds. The van der Waals surface area contributed by atoms with Crippen LogP contribution in [0.15, 0.2) is 84.1 Å². The highest BCUT2D eigenvalue weighted by molar-refractivity contribution is 6.16. The van der Waals surface area contributed by atoms with Gasteiger partial charge in [-0.25, -0.2) is 0 Å². The zero-order valence-corrected chi connectivity index (χ0v) is 19.4. The molecule has 0 spiro atoms. The molecule has 3 aromatic carbocycles. The highest BCUT2D eigenvalue weighted by atomic mass is 16.5. The molecule has 1 aliphatic heterocycles. The number of nitrogens with zero attached hydrogens (tertiary/aromatic N) is 2. The number of anilines is 1. The number of aliphatic hydroxyl groups is 1.